The summed E-state index contributed by atoms with van der Waals surface area (Å²) in [6, 6.07) is 11.0. The number of nitrogens with zero attached hydrogens (tertiary/aromatic N) is 2. The molecule has 0 aliphatic rings. The second-order valence-electron chi connectivity index (χ2n) is 7.63. The van der Waals surface area contributed by atoms with Crippen molar-refractivity contribution in [3.8, 4) is 0 Å². The summed E-state index contributed by atoms with van der Waals surface area (Å²) >= 11 is 0. The maximum absolute atomic E-state index is 13.6. The Bertz CT molecular complexity index is 1020. The van der Waals surface area contributed by atoms with Crippen LogP contribution in [0.2, 0.25) is 0 Å². The Morgan fingerprint density at radius 3 is 2.26 bits per heavy atom. The number of non-ortho nitro benzene ring substituents is 1. The summed E-state index contributed by atoms with van der Waals surface area (Å²) in [5.74, 6) is -0.587. The molecule has 0 amide bonds. The van der Waals surface area contributed by atoms with Crippen molar-refractivity contribution in [3.05, 3.63) is 69.8 Å². The number of ether oxygens (including phenoxy) is 1. The largest absolute Gasteiger partial charge is 0.465 e. The summed E-state index contributed by atoms with van der Waals surface area (Å²) in [6.07, 6.45) is 0.275. The minimum absolute atomic E-state index is 0.0256. The summed E-state index contributed by atoms with van der Waals surface area (Å²) in [5.41, 5.74) is 1.43. The summed E-state index contributed by atoms with van der Waals surface area (Å²) in [5, 5.41) is 10.9. The third-order valence-corrected chi connectivity index (χ3v) is 6.71. The van der Waals surface area contributed by atoms with Gasteiger partial charge in [-0.3, -0.25) is 14.9 Å². The van der Waals surface area contributed by atoms with Crippen molar-refractivity contribution in [3.63, 3.8) is 0 Å². The molecule has 8 nitrogen and oxygen atoms in total. The molecule has 0 saturated carbocycles. The van der Waals surface area contributed by atoms with Crippen LogP contribution in [0.4, 0.5) is 5.69 Å². The van der Waals surface area contributed by atoms with Gasteiger partial charge in [-0.25, -0.2) is 8.42 Å². The zero-order valence-corrected chi connectivity index (χ0v) is 19.0. The number of aryl methyl sites for hydroxylation is 1. The Hall–Kier alpha value is -2.78. The van der Waals surface area contributed by atoms with Crippen LogP contribution in [-0.4, -0.2) is 36.3 Å². The molecule has 0 aliphatic heterocycles. The van der Waals surface area contributed by atoms with E-state index >= 15 is 0 Å². The molecule has 0 aromatic heterocycles. The molecule has 2 aromatic carbocycles. The standard InChI is InChI=1S/C22H28N2O6S/c1-5-30-22(25)21(14-16(2)3)23(15-18-9-7-6-8-17(18)4)31(28,29)20-12-10-19(11-13-20)24(26)27/h6-13,16,21H,5,14-15H2,1-4H3/t21-/m0/s1. The number of nitro benzene ring substituents is 1. The number of sulfonamides is 1. The normalized spacial score (nSPS) is 12.7. The number of rotatable bonds is 10. The molecule has 0 saturated heterocycles. The van der Waals surface area contributed by atoms with Crippen LogP contribution in [0.25, 0.3) is 0 Å². The summed E-state index contributed by atoms with van der Waals surface area (Å²) in [4.78, 5) is 23.0. The van der Waals surface area contributed by atoms with Gasteiger partial charge in [0.25, 0.3) is 5.69 Å². The van der Waals surface area contributed by atoms with E-state index in [1.807, 2.05) is 39.0 Å². The molecule has 2 aromatic rings. The third-order valence-electron chi connectivity index (χ3n) is 4.84. The molecule has 0 N–H and O–H groups in total. The molecule has 1 atom stereocenters. The first-order chi connectivity index (χ1) is 14.6. The summed E-state index contributed by atoms with van der Waals surface area (Å²) in [6.45, 7) is 7.44. The van der Waals surface area contributed by atoms with E-state index in [9.17, 15) is 23.3 Å². The number of carbonyl (C=O) groups is 1. The lowest BCUT2D eigenvalue weighted by molar-refractivity contribution is -0.384. The van der Waals surface area contributed by atoms with Gasteiger partial charge in [-0.05, 0) is 49.4 Å². The van der Waals surface area contributed by atoms with Gasteiger partial charge in [0, 0.05) is 18.7 Å². The minimum atomic E-state index is -4.16. The van der Waals surface area contributed by atoms with Crippen LogP contribution in [0.15, 0.2) is 53.4 Å². The van der Waals surface area contributed by atoms with Gasteiger partial charge in [-0.1, -0.05) is 38.1 Å². The quantitative estimate of drug-likeness (QED) is 0.308. The van der Waals surface area contributed by atoms with E-state index in [1.54, 1.807) is 13.0 Å². The van der Waals surface area contributed by atoms with Crippen molar-refractivity contribution in [2.24, 2.45) is 5.92 Å². The number of esters is 1. The highest BCUT2D eigenvalue weighted by Gasteiger charge is 2.37. The highest BCUT2D eigenvalue weighted by Crippen LogP contribution is 2.27. The fraction of sp³-hybridized carbons (Fsp3) is 0.409. The number of nitro groups is 1. The Kier molecular flexibility index (Phi) is 8.29. The minimum Gasteiger partial charge on any atom is -0.465 e. The van der Waals surface area contributed by atoms with Crippen LogP contribution in [0.3, 0.4) is 0 Å². The first-order valence-electron chi connectivity index (χ1n) is 10.0. The number of benzene rings is 2. The van der Waals surface area contributed by atoms with Gasteiger partial charge >= 0.3 is 5.97 Å². The highest BCUT2D eigenvalue weighted by molar-refractivity contribution is 7.89. The van der Waals surface area contributed by atoms with Crippen molar-refractivity contribution >= 4 is 21.7 Å². The van der Waals surface area contributed by atoms with E-state index in [2.05, 4.69) is 0 Å². The molecule has 0 aliphatic carbocycles. The Labute approximate surface area is 183 Å². The highest BCUT2D eigenvalue weighted by atomic mass is 32.2. The molecule has 0 bridgehead atoms. The van der Waals surface area contributed by atoms with E-state index in [0.29, 0.717) is 0 Å². The van der Waals surface area contributed by atoms with Gasteiger partial charge in [0.05, 0.1) is 16.4 Å². The van der Waals surface area contributed by atoms with Gasteiger partial charge in [0.2, 0.25) is 10.0 Å². The van der Waals surface area contributed by atoms with E-state index in [-0.39, 0.29) is 36.1 Å². The predicted octanol–water partition coefficient (Wildman–Crippen LogP) is 4.07. The maximum atomic E-state index is 13.6. The molecule has 0 unspecified atom stereocenters. The maximum Gasteiger partial charge on any atom is 0.324 e. The smallest absolute Gasteiger partial charge is 0.324 e. The average Bonchev–Trinajstić information content (AvgIpc) is 2.71. The number of hydrogen-bond donors (Lipinski definition) is 0. The van der Waals surface area contributed by atoms with Crippen LogP contribution in [0.1, 0.15) is 38.3 Å². The van der Waals surface area contributed by atoms with E-state index in [0.717, 1.165) is 27.6 Å². The zero-order valence-electron chi connectivity index (χ0n) is 18.1. The molecular formula is C22H28N2O6S. The summed E-state index contributed by atoms with van der Waals surface area (Å²) < 4.78 is 33.6. The van der Waals surface area contributed by atoms with Gasteiger partial charge in [-0.2, -0.15) is 4.31 Å². The monoisotopic (exact) mass is 448 g/mol. The van der Waals surface area contributed by atoms with E-state index in [4.69, 9.17) is 4.74 Å². The first kappa shape index (κ1) is 24.5. The average molecular weight is 449 g/mol. The van der Waals surface area contributed by atoms with Crippen molar-refractivity contribution in [1.29, 1.82) is 0 Å². The van der Waals surface area contributed by atoms with E-state index < -0.39 is 27.0 Å². The van der Waals surface area contributed by atoms with Gasteiger partial charge in [0.1, 0.15) is 6.04 Å². The van der Waals surface area contributed by atoms with E-state index in [1.165, 1.54) is 12.1 Å². The van der Waals surface area contributed by atoms with Crippen molar-refractivity contribution < 1.29 is 22.9 Å². The predicted molar refractivity (Wildman–Crippen MR) is 117 cm³/mol. The van der Waals surface area contributed by atoms with Crippen LogP contribution in [-0.2, 0) is 26.1 Å². The Morgan fingerprint density at radius 1 is 1.13 bits per heavy atom. The molecule has 2 rings (SSSR count). The topological polar surface area (TPSA) is 107 Å². The second-order valence-corrected chi connectivity index (χ2v) is 9.52. The molecular weight excluding hydrogens is 420 g/mol. The molecule has 31 heavy (non-hydrogen) atoms. The second kappa shape index (κ2) is 10.5. The lowest BCUT2D eigenvalue weighted by Crippen LogP contribution is -2.46. The Balaban J connectivity index is 2.59. The fourth-order valence-corrected chi connectivity index (χ4v) is 4.78. The molecule has 0 fully saturated rings. The summed E-state index contributed by atoms with van der Waals surface area (Å²) in [7, 11) is -4.16. The molecule has 168 valence electrons. The molecule has 0 heterocycles. The zero-order chi connectivity index (χ0) is 23.2. The number of hydrogen-bond acceptors (Lipinski definition) is 6. The van der Waals surface area contributed by atoms with Gasteiger partial charge in [0.15, 0.2) is 0 Å². The van der Waals surface area contributed by atoms with Gasteiger partial charge in [-0.15, -0.1) is 0 Å². The molecule has 9 heteroatoms. The third kappa shape index (κ3) is 6.11. The van der Waals surface area contributed by atoms with Crippen LogP contribution in [0.5, 0.6) is 0 Å². The SMILES string of the molecule is CCOC(=O)[C@H](CC(C)C)N(Cc1ccccc1C)S(=O)(=O)c1ccc([N+](=O)[O-])cc1. The molecule has 0 radical (unpaired) electrons. The lowest BCUT2D eigenvalue weighted by Gasteiger charge is -2.31. The van der Waals surface area contributed by atoms with Crippen LogP contribution < -0.4 is 0 Å². The molecule has 0 spiro atoms. The van der Waals surface area contributed by atoms with Crippen LogP contribution in [0, 0.1) is 23.0 Å². The fourth-order valence-electron chi connectivity index (χ4n) is 3.21. The Morgan fingerprint density at radius 2 is 1.74 bits per heavy atom. The number of carbonyl (C=O) groups excluding carboxylic acids is 1. The van der Waals surface area contributed by atoms with Crippen LogP contribution >= 0.6 is 0 Å². The van der Waals surface area contributed by atoms with Crippen molar-refractivity contribution in [1.82, 2.24) is 4.31 Å². The van der Waals surface area contributed by atoms with Crippen molar-refractivity contribution in [2.75, 3.05) is 6.61 Å². The first-order valence-corrected chi connectivity index (χ1v) is 11.5. The van der Waals surface area contributed by atoms with Gasteiger partial charge < -0.3 is 4.74 Å². The van der Waals surface area contributed by atoms with Crippen molar-refractivity contribution in [2.45, 2.75) is 51.6 Å². The lowest BCUT2D eigenvalue weighted by atomic mass is 10.0.